The van der Waals surface area contributed by atoms with Gasteiger partial charge >= 0.3 is 0 Å². The van der Waals surface area contributed by atoms with E-state index in [1.807, 2.05) is 0 Å². The molecule has 53 heavy (non-hydrogen) atoms. The molecule has 0 atom stereocenters. The molecule has 0 saturated heterocycles. The van der Waals surface area contributed by atoms with E-state index in [1.165, 1.54) is 10.8 Å². The molecule has 5 heteroatoms. The summed E-state index contributed by atoms with van der Waals surface area (Å²) in [5.41, 5.74) is 15.9. The van der Waals surface area contributed by atoms with E-state index in [0.717, 1.165) is 79.3 Å². The van der Waals surface area contributed by atoms with Gasteiger partial charge in [-0.3, -0.25) is 0 Å². The zero-order valence-corrected chi connectivity index (χ0v) is 28.8. The second-order valence-corrected chi connectivity index (χ2v) is 13.6. The predicted molar refractivity (Wildman–Crippen MR) is 222 cm³/mol. The zero-order valence-electron chi connectivity index (χ0n) is 28.8. The number of para-hydroxylation sites is 10. The van der Waals surface area contributed by atoms with Crippen LogP contribution in [0.3, 0.4) is 0 Å². The van der Waals surface area contributed by atoms with Crippen LogP contribution >= 0.6 is 0 Å². The van der Waals surface area contributed by atoms with Gasteiger partial charge in [-0.2, -0.15) is 0 Å². The standard InChI is InChI=1S/C48H33N5/c1-3-15-33(16-4-1)50-41-19-7-11-23-45(41)52(46-24-12-8-20-42(46)50)35-27-29-39-37(31-35)38-32-36(28-30-40(38)49-39)53-47-25-13-9-21-43(47)51(34-17-5-2-6-18-34)44-22-10-14-26-48(44)53/h1-32,49H. The molecule has 0 spiro atoms. The number of nitrogens with one attached hydrogen (secondary N) is 1. The van der Waals surface area contributed by atoms with Crippen LogP contribution in [0.4, 0.5) is 68.2 Å². The lowest BCUT2D eigenvalue weighted by Gasteiger charge is -2.40. The minimum absolute atomic E-state index is 1.11. The molecule has 5 nitrogen and oxygen atoms in total. The van der Waals surface area contributed by atoms with Crippen molar-refractivity contribution >= 4 is 90.1 Å². The lowest BCUT2D eigenvalue weighted by molar-refractivity contribution is 1.17. The number of rotatable bonds is 4. The van der Waals surface area contributed by atoms with Crippen molar-refractivity contribution < 1.29 is 0 Å². The van der Waals surface area contributed by atoms with E-state index in [1.54, 1.807) is 0 Å². The van der Waals surface area contributed by atoms with Crippen molar-refractivity contribution in [2.75, 3.05) is 19.6 Å². The van der Waals surface area contributed by atoms with Crippen molar-refractivity contribution in [1.29, 1.82) is 0 Å². The maximum atomic E-state index is 3.72. The molecule has 2 aliphatic rings. The summed E-state index contributed by atoms with van der Waals surface area (Å²) in [7, 11) is 0. The molecule has 0 aliphatic carbocycles. The lowest BCUT2D eigenvalue weighted by atomic mass is 10.0. The molecule has 9 aromatic rings. The number of aromatic nitrogens is 1. The summed E-state index contributed by atoms with van der Waals surface area (Å²) in [6.45, 7) is 0. The quantitative estimate of drug-likeness (QED) is 0.200. The average Bonchev–Trinajstić information content (AvgIpc) is 3.59. The molecule has 0 radical (unpaired) electrons. The topological polar surface area (TPSA) is 28.8 Å². The van der Waals surface area contributed by atoms with Gasteiger partial charge in [0.15, 0.2) is 0 Å². The number of hydrogen-bond acceptors (Lipinski definition) is 4. The van der Waals surface area contributed by atoms with E-state index in [-0.39, 0.29) is 0 Å². The van der Waals surface area contributed by atoms with Crippen LogP contribution in [-0.2, 0) is 0 Å². The summed E-state index contributed by atoms with van der Waals surface area (Å²) in [4.78, 5) is 13.3. The Labute approximate surface area is 307 Å². The van der Waals surface area contributed by atoms with Gasteiger partial charge in [-0.05, 0) is 109 Å². The Balaban J connectivity index is 1.07. The number of H-pyrrole nitrogens is 1. The van der Waals surface area contributed by atoms with Crippen LogP contribution < -0.4 is 19.6 Å². The van der Waals surface area contributed by atoms with Crippen molar-refractivity contribution in [3.63, 3.8) is 0 Å². The Morgan fingerprint density at radius 2 is 0.509 bits per heavy atom. The van der Waals surface area contributed by atoms with Crippen LogP contribution in [0.25, 0.3) is 21.8 Å². The van der Waals surface area contributed by atoms with Gasteiger partial charge < -0.3 is 24.6 Å². The first-order chi connectivity index (χ1) is 26.3. The fourth-order valence-corrected chi connectivity index (χ4v) is 8.31. The van der Waals surface area contributed by atoms with Crippen LogP contribution in [-0.4, -0.2) is 4.98 Å². The number of hydrogen-bond donors (Lipinski definition) is 1. The van der Waals surface area contributed by atoms with Crippen molar-refractivity contribution in [3.05, 3.63) is 194 Å². The zero-order chi connectivity index (χ0) is 34.9. The fraction of sp³-hybridized carbons (Fsp3) is 0. The summed E-state index contributed by atoms with van der Waals surface area (Å²) in [6, 6.07) is 69.7. The molecule has 0 fully saturated rings. The van der Waals surface area contributed by atoms with E-state index < -0.39 is 0 Å². The second kappa shape index (κ2) is 11.7. The molecular weight excluding hydrogens is 647 g/mol. The summed E-state index contributed by atoms with van der Waals surface area (Å²) < 4.78 is 0. The van der Waals surface area contributed by atoms with Crippen LogP contribution in [0.5, 0.6) is 0 Å². The molecule has 2 aliphatic heterocycles. The normalized spacial score (nSPS) is 13.1. The highest BCUT2D eigenvalue weighted by molar-refractivity contribution is 6.12. The fourth-order valence-electron chi connectivity index (χ4n) is 8.31. The van der Waals surface area contributed by atoms with Crippen LogP contribution in [0.2, 0.25) is 0 Å². The third kappa shape index (κ3) is 4.51. The summed E-state index contributed by atoms with van der Waals surface area (Å²) in [6.07, 6.45) is 0. The monoisotopic (exact) mass is 679 g/mol. The maximum Gasteiger partial charge on any atom is 0.0703 e. The first-order valence-electron chi connectivity index (χ1n) is 18.0. The Morgan fingerprint density at radius 3 is 0.811 bits per heavy atom. The number of fused-ring (bicyclic) bond motifs is 7. The van der Waals surface area contributed by atoms with E-state index in [4.69, 9.17) is 0 Å². The van der Waals surface area contributed by atoms with E-state index in [2.05, 4.69) is 219 Å². The summed E-state index contributed by atoms with van der Waals surface area (Å²) >= 11 is 0. The molecule has 250 valence electrons. The van der Waals surface area contributed by atoms with Crippen LogP contribution in [0.15, 0.2) is 194 Å². The Hall–Kier alpha value is -7.24. The van der Waals surface area contributed by atoms with Gasteiger partial charge in [-0.25, -0.2) is 0 Å². The minimum atomic E-state index is 1.11. The highest BCUT2D eigenvalue weighted by atomic mass is 15.3. The van der Waals surface area contributed by atoms with Crippen molar-refractivity contribution in [2.24, 2.45) is 0 Å². The number of nitrogens with zero attached hydrogens (tertiary/aromatic N) is 4. The van der Waals surface area contributed by atoms with Gasteiger partial charge in [0.2, 0.25) is 0 Å². The highest BCUT2D eigenvalue weighted by Gasteiger charge is 2.32. The van der Waals surface area contributed by atoms with Gasteiger partial charge in [-0.1, -0.05) is 84.9 Å². The van der Waals surface area contributed by atoms with Gasteiger partial charge in [0.05, 0.1) is 45.5 Å². The molecule has 0 saturated carbocycles. The second-order valence-electron chi connectivity index (χ2n) is 13.6. The first-order valence-corrected chi connectivity index (χ1v) is 18.0. The van der Waals surface area contributed by atoms with Crippen molar-refractivity contribution in [2.45, 2.75) is 0 Å². The number of aromatic amines is 1. The van der Waals surface area contributed by atoms with E-state index in [0.29, 0.717) is 0 Å². The molecule has 0 unspecified atom stereocenters. The Bertz CT molecular complexity index is 2540. The first kappa shape index (κ1) is 29.5. The number of anilines is 12. The molecule has 11 rings (SSSR count). The largest absolute Gasteiger partial charge is 0.355 e. The third-order valence-corrected chi connectivity index (χ3v) is 10.6. The SMILES string of the molecule is c1ccc(N2c3ccccc3N(c3ccc4[nH]c5ccc(N6c7ccccc7N(c7ccccc7)c7ccccc76)cc5c4c3)c3ccccc32)cc1. The molecular formula is C48H33N5. The molecule has 3 heterocycles. The van der Waals surface area contributed by atoms with Gasteiger partial charge in [0, 0.05) is 44.6 Å². The summed E-state index contributed by atoms with van der Waals surface area (Å²) in [5, 5.41) is 2.37. The van der Waals surface area contributed by atoms with Gasteiger partial charge in [0.1, 0.15) is 0 Å². The minimum Gasteiger partial charge on any atom is -0.355 e. The summed E-state index contributed by atoms with van der Waals surface area (Å²) in [5.74, 6) is 0. The molecule has 1 N–H and O–H groups in total. The molecule has 0 amide bonds. The van der Waals surface area contributed by atoms with Crippen molar-refractivity contribution in [3.8, 4) is 0 Å². The lowest BCUT2D eigenvalue weighted by Crippen LogP contribution is -2.23. The smallest absolute Gasteiger partial charge is 0.0703 e. The van der Waals surface area contributed by atoms with Crippen LogP contribution in [0.1, 0.15) is 0 Å². The van der Waals surface area contributed by atoms with E-state index in [9.17, 15) is 0 Å². The van der Waals surface area contributed by atoms with E-state index >= 15 is 0 Å². The van der Waals surface area contributed by atoms with Crippen molar-refractivity contribution in [1.82, 2.24) is 4.98 Å². The molecule has 0 bridgehead atoms. The number of benzene rings is 8. The maximum absolute atomic E-state index is 3.72. The molecule has 8 aromatic carbocycles. The van der Waals surface area contributed by atoms with Gasteiger partial charge in [0.25, 0.3) is 0 Å². The van der Waals surface area contributed by atoms with Gasteiger partial charge in [-0.15, -0.1) is 0 Å². The predicted octanol–water partition coefficient (Wildman–Crippen LogP) is 13.8. The third-order valence-electron chi connectivity index (χ3n) is 10.6. The molecule has 1 aromatic heterocycles. The Morgan fingerprint density at radius 1 is 0.245 bits per heavy atom. The van der Waals surface area contributed by atoms with Crippen LogP contribution in [0, 0.1) is 0 Å². The average molecular weight is 680 g/mol. The Kier molecular flexibility index (Phi) is 6.48. The highest BCUT2D eigenvalue weighted by Crippen LogP contribution is 2.56.